The fourth-order valence-electron chi connectivity index (χ4n) is 2.58. The second-order valence-corrected chi connectivity index (χ2v) is 5.30. The second-order valence-electron chi connectivity index (χ2n) is 5.30. The molecule has 1 amide bonds. The van der Waals surface area contributed by atoms with Gasteiger partial charge in [-0.2, -0.15) is 26.3 Å². The van der Waals surface area contributed by atoms with Gasteiger partial charge in [0.05, 0.1) is 23.2 Å². The maximum Gasteiger partial charge on any atom is 0.416 e. The van der Waals surface area contributed by atoms with Crippen molar-refractivity contribution in [3.8, 4) is 0 Å². The lowest BCUT2D eigenvalue weighted by Crippen LogP contribution is -2.21. The fraction of sp³-hybridized carbons (Fsp3) is 0.188. The molecule has 2 nitrogen and oxygen atoms in total. The molecular formula is C16H9F6NO. The Balaban J connectivity index is 2.10. The van der Waals surface area contributed by atoms with E-state index in [1.165, 1.54) is 12.1 Å². The van der Waals surface area contributed by atoms with Crippen LogP contribution in [0.1, 0.15) is 16.7 Å². The molecule has 126 valence electrons. The van der Waals surface area contributed by atoms with Gasteiger partial charge in [0, 0.05) is 5.69 Å². The summed E-state index contributed by atoms with van der Waals surface area (Å²) in [5.74, 6) is -0.580. The number of amides is 1. The molecule has 0 saturated carbocycles. The molecule has 1 aliphatic rings. The van der Waals surface area contributed by atoms with E-state index >= 15 is 0 Å². The average Bonchev–Trinajstić information content (AvgIpc) is 2.80. The van der Waals surface area contributed by atoms with Crippen molar-refractivity contribution in [2.75, 3.05) is 4.90 Å². The first-order valence-corrected chi connectivity index (χ1v) is 6.78. The van der Waals surface area contributed by atoms with E-state index in [9.17, 15) is 31.1 Å². The van der Waals surface area contributed by atoms with E-state index < -0.39 is 29.4 Å². The lowest BCUT2D eigenvalue weighted by molar-refractivity contribution is -0.138. The lowest BCUT2D eigenvalue weighted by atomic mass is 10.1. The first kappa shape index (κ1) is 16.4. The van der Waals surface area contributed by atoms with Crippen LogP contribution in [0.5, 0.6) is 0 Å². The van der Waals surface area contributed by atoms with Gasteiger partial charge >= 0.3 is 12.4 Å². The van der Waals surface area contributed by atoms with Gasteiger partial charge in [0.2, 0.25) is 5.91 Å². The Hall–Kier alpha value is -2.51. The summed E-state index contributed by atoms with van der Waals surface area (Å²) >= 11 is 0. The molecule has 0 aliphatic carbocycles. The third-order valence-electron chi connectivity index (χ3n) is 3.68. The van der Waals surface area contributed by atoms with Gasteiger partial charge in [0.1, 0.15) is 0 Å². The van der Waals surface area contributed by atoms with Gasteiger partial charge in [0.25, 0.3) is 0 Å². The molecule has 0 aromatic heterocycles. The molecule has 0 saturated heterocycles. The van der Waals surface area contributed by atoms with Crippen molar-refractivity contribution >= 4 is 17.3 Å². The third-order valence-corrected chi connectivity index (χ3v) is 3.68. The number of carbonyl (C=O) groups is 1. The molecule has 24 heavy (non-hydrogen) atoms. The monoisotopic (exact) mass is 345 g/mol. The van der Waals surface area contributed by atoms with Crippen molar-refractivity contribution in [1.29, 1.82) is 0 Å². The Labute approximate surface area is 132 Å². The molecule has 8 heteroatoms. The number of hydrogen-bond donors (Lipinski definition) is 0. The zero-order valence-corrected chi connectivity index (χ0v) is 11.9. The average molecular weight is 345 g/mol. The molecule has 0 unspecified atom stereocenters. The molecular weight excluding hydrogens is 336 g/mol. The lowest BCUT2D eigenvalue weighted by Gasteiger charge is -2.20. The number of halogens is 6. The third kappa shape index (κ3) is 2.83. The first-order valence-electron chi connectivity index (χ1n) is 6.78. The number of rotatable bonds is 1. The van der Waals surface area contributed by atoms with E-state index in [2.05, 4.69) is 0 Å². The van der Waals surface area contributed by atoms with Gasteiger partial charge in [-0.1, -0.05) is 12.1 Å². The summed E-state index contributed by atoms with van der Waals surface area (Å²) in [5.41, 5.74) is -1.77. The summed E-state index contributed by atoms with van der Waals surface area (Å²) < 4.78 is 77.0. The Bertz CT molecular complexity index is 809. The number of alkyl halides is 6. The van der Waals surface area contributed by atoms with Gasteiger partial charge in [0.15, 0.2) is 0 Å². The van der Waals surface area contributed by atoms with E-state index in [-0.39, 0.29) is 17.8 Å². The summed E-state index contributed by atoms with van der Waals surface area (Å²) in [7, 11) is 0. The van der Waals surface area contributed by atoms with E-state index in [4.69, 9.17) is 0 Å². The Morgan fingerprint density at radius 2 is 1.46 bits per heavy atom. The molecule has 1 aliphatic heterocycles. The summed E-state index contributed by atoms with van der Waals surface area (Å²) in [4.78, 5) is 13.0. The summed E-state index contributed by atoms with van der Waals surface area (Å²) in [5, 5.41) is 0. The summed E-state index contributed by atoms with van der Waals surface area (Å²) in [6.07, 6.45) is -9.39. The largest absolute Gasteiger partial charge is 0.416 e. The van der Waals surface area contributed by atoms with Crippen LogP contribution in [0.4, 0.5) is 37.7 Å². The normalized spacial score (nSPS) is 14.9. The number of benzene rings is 2. The van der Waals surface area contributed by atoms with Crippen LogP contribution in [0.25, 0.3) is 0 Å². The molecule has 0 N–H and O–H groups in total. The predicted molar refractivity (Wildman–Crippen MR) is 73.7 cm³/mol. The smallest absolute Gasteiger partial charge is 0.280 e. The molecule has 0 bridgehead atoms. The van der Waals surface area contributed by atoms with Crippen molar-refractivity contribution in [2.24, 2.45) is 0 Å². The van der Waals surface area contributed by atoms with Gasteiger partial charge in [-0.05, 0) is 35.9 Å². The second kappa shape index (κ2) is 5.25. The minimum absolute atomic E-state index is 0.0471. The highest BCUT2D eigenvalue weighted by Gasteiger charge is 2.36. The zero-order chi connectivity index (χ0) is 17.7. The molecule has 2 aromatic rings. The highest BCUT2D eigenvalue weighted by Crippen LogP contribution is 2.41. The quantitative estimate of drug-likeness (QED) is 0.670. The number of hydrogen-bond acceptors (Lipinski definition) is 1. The standard InChI is InChI=1S/C16H9F6NO/c17-15(18,19)10-2-1-3-12(7-10)23-13-8-11(16(20,21)22)5-4-9(13)6-14(23)24/h1-5,7-8H,6H2. The van der Waals surface area contributed by atoms with Crippen molar-refractivity contribution < 1.29 is 31.1 Å². The van der Waals surface area contributed by atoms with Crippen LogP contribution >= 0.6 is 0 Å². The topological polar surface area (TPSA) is 20.3 Å². The Morgan fingerprint density at radius 3 is 2.08 bits per heavy atom. The van der Waals surface area contributed by atoms with Crippen molar-refractivity contribution in [3.63, 3.8) is 0 Å². The highest BCUT2D eigenvalue weighted by molar-refractivity contribution is 6.07. The van der Waals surface area contributed by atoms with Crippen molar-refractivity contribution in [2.45, 2.75) is 18.8 Å². The number of fused-ring (bicyclic) bond motifs is 1. The molecule has 1 heterocycles. The van der Waals surface area contributed by atoms with E-state index in [0.29, 0.717) is 5.56 Å². The van der Waals surface area contributed by atoms with Crippen LogP contribution in [-0.2, 0) is 23.6 Å². The Kier molecular flexibility index (Phi) is 3.58. The highest BCUT2D eigenvalue weighted by atomic mass is 19.4. The summed E-state index contributed by atoms with van der Waals surface area (Å²) in [6.45, 7) is 0. The maximum atomic E-state index is 12.9. The molecule has 2 aromatic carbocycles. The Morgan fingerprint density at radius 1 is 0.833 bits per heavy atom. The summed E-state index contributed by atoms with van der Waals surface area (Å²) in [6, 6.07) is 6.73. The molecule has 3 rings (SSSR count). The number of nitrogens with zero attached hydrogens (tertiary/aromatic N) is 1. The molecule has 0 radical (unpaired) electrons. The van der Waals surface area contributed by atoms with Crippen LogP contribution in [0.15, 0.2) is 42.5 Å². The van der Waals surface area contributed by atoms with Crippen LogP contribution in [0, 0.1) is 0 Å². The van der Waals surface area contributed by atoms with Crippen LogP contribution in [0.3, 0.4) is 0 Å². The van der Waals surface area contributed by atoms with Crippen LogP contribution in [-0.4, -0.2) is 5.91 Å². The minimum Gasteiger partial charge on any atom is -0.280 e. The molecule has 0 atom stereocenters. The number of anilines is 2. The maximum absolute atomic E-state index is 12.9. The van der Waals surface area contributed by atoms with Crippen LogP contribution in [0.2, 0.25) is 0 Å². The SMILES string of the molecule is O=C1Cc2ccc(C(F)(F)F)cc2N1c1cccc(C(F)(F)F)c1. The van der Waals surface area contributed by atoms with Gasteiger partial charge in [-0.25, -0.2) is 0 Å². The van der Waals surface area contributed by atoms with Gasteiger partial charge < -0.3 is 0 Å². The zero-order valence-electron chi connectivity index (χ0n) is 11.9. The van der Waals surface area contributed by atoms with Gasteiger partial charge in [-0.15, -0.1) is 0 Å². The van der Waals surface area contributed by atoms with Crippen molar-refractivity contribution in [1.82, 2.24) is 0 Å². The van der Waals surface area contributed by atoms with Crippen LogP contribution < -0.4 is 4.90 Å². The fourth-order valence-corrected chi connectivity index (χ4v) is 2.58. The molecule has 0 fully saturated rings. The van der Waals surface area contributed by atoms with E-state index in [1.54, 1.807) is 0 Å². The predicted octanol–water partition coefficient (Wildman–Crippen LogP) is 4.95. The van der Waals surface area contributed by atoms with E-state index in [1.807, 2.05) is 0 Å². The van der Waals surface area contributed by atoms with Crippen molar-refractivity contribution in [3.05, 3.63) is 59.2 Å². The van der Waals surface area contributed by atoms with Gasteiger partial charge in [-0.3, -0.25) is 9.69 Å². The molecule has 0 spiro atoms. The number of carbonyl (C=O) groups excluding carboxylic acids is 1. The minimum atomic E-state index is -4.62. The van der Waals surface area contributed by atoms with E-state index in [0.717, 1.165) is 35.2 Å². The first-order chi connectivity index (χ1) is 11.1.